The summed E-state index contributed by atoms with van der Waals surface area (Å²) in [5, 5.41) is 4.61. The molecule has 2 heterocycles. The van der Waals surface area contributed by atoms with E-state index in [1.54, 1.807) is 42.0 Å². The molecule has 1 N–H and O–H groups in total. The Morgan fingerprint density at radius 1 is 1.04 bits per heavy atom. The van der Waals surface area contributed by atoms with Crippen LogP contribution in [0.25, 0.3) is 22.3 Å². The van der Waals surface area contributed by atoms with Crippen molar-refractivity contribution in [2.24, 2.45) is 0 Å². The van der Waals surface area contributed by atoms with E-state index in [2.05, 4.69) is 10.3 Å². The fraction of sp³-hybridized carbons (Fsp3) is 0.118. The predicted molar refractivity (Wildman–Crippen MR) is 87.5 cm³/mol. The van der Waals surface area contributed by atoms with Crippen LogP contribution in [0.1, 0.15) is 0 Å². The Morgan fingerprint density at radius 3 is 2.42 bits per heavy atom. The van der Waals surface area contributed by atoms with Gasteiger partial charge in [0.25, 0.3) is 0 Å². The van der Waals surface area contributed by atoms with E-state index in [-0.39, 0.29) is 5.82 Å². The van der Waals surface area contributed by atoms with E-state index in [0.29, 0.717) is 16.1 Å². The fourth-order valence-electron chi connectivity index (χ4n) is 2.31. The van der Waals surface area contributed by atoms with Crippen molar-refractivity contribution in [2.75, 3.05) is 11.9 Å². The number of pyridine rings is 1. The molecule has 0 saturated carbocycles. The highest BCUT2D eigenvalue weighted by molar-refractivity contribution is 7.15. The molecule has 0 unspecified atom stereocenters. The summed E-state index contributed by atoms with van der Waals surface area (Å²) in [6, 6.07) is 9.34. The maximum Gasteiger partial charge on any atom is 0.405 e. The van der Waals surface area contributed by atoms with Crippen LogP contribution in [0.15, 0.2) is 54.2 Å². The van der Waals surface area contributed by atoms with E-state index in [1.807, 2.05) is 0 Å². The molecule has 1 aromatic carbocycles. The second-order valence-corrected chi connectivity index (χ2v) is 5.95. The molecule has 2 aromatic heterocycles. The van der Waals surface area contributed by atoms with Gasteiger partial charge in [0, 0.05) is 34.5 Å². The number of nitrogens with one attached hydrogen (secondary N) is 1. The van der Waals surface area contributed by atoms with Crippen molar-refractivity contribution in [1.29, 1.82) is 0 Å². The maximum absolute atomic E-state index is 13.1. The molecular weight excluding hydrogens is 340 g/mol. The zero-order chi connectivity index (χ0) is 17.2. The van der Waals surface area contributed by atoms with Gasteiger partial charge in [0.1, 0.15) is 12.4 Å². The molecule has 24 heavy (non-hydrogen) atoms. The van der Waals surface area contributed by atoms with Crippen LogP contribution in [0.4, 0.5) is 22.6 Å². The predicted octanol–water partition coefficient (Wildman–Crippen LogP) is 5.59. The van der Waals surface area contributed by atoms with Crippen LogP contribution in [0.2, 0.25) is 0 Å². The van der Waals surface area contributed by atoms with Crippen LogP contribution in [-0.2, 0) is 0 Å². The minimum Gasteiger partial charge on any atom is -0.368 e. The molecule has 0 aliphatic heterocycles. The molecule has 3 rings (SSSR count). The summed E-state index contributed by atoms with van der Waals surface area (Å²) >= 11 is 1.18. The number of thiophene rings is 1. The Kier molecular flexibility index (Phi) is 4.53. The third kappa shape index (κ3) is 3.73. The lowest BCUT2D eigenvalue weighted by molar-refractivity contribution is -0.115. The van der Waals surface area contributed by atoms with E-state index in [0.717, 1.165) is 11.1 Å². The molecule has 0 atom stereocenters. The van der Waals surface area contributed by atoms with Gasteiger partial charge in [-0.05, 0) is 23.8 Å². The second-order valence-electron chi connectivity index (χ2n) is 5.07. The van der Waals surface area contributed by atoms with E-state index in [1.165, 1.54) is 23.5 Å². The van der Waals surface area contributed by atoms with Gasteiger partial charge in [-0.3, -0.25) is 4.98 Å². The normalized spacial score (nSPS) is 11.5. The Labute approximate surface area is 139 Å². The number of rotatable bonds is 4. The molecule has 3 aromatic rings. The number of hydrogen-bond acceptors (Lipinski definition) is 3. The highest BCUT2D eigenvalue weighted by Gasteiger charge is 2.28. The quantitative estimate of drug-likeness (QED) is 0.619. The molecule has 0 radical (unpaired) electrons. The summed E-state index contributed by atoms with van der Waals surface area (Å²) in [4.78, 5) is 4.03. The van der Waals surface area contributed by atoms with Crippen LogP contribution in [-0.4, -0.2) is 17.7 Å². The van der Waals surface area contributed by atoms with Gasteiger partial charge in [-0.25, -0.2) is 4.39 Å². The lowest BCUT2D eigenvalue weighted by Gasteiger charge is -2.12. The molecule has 0 saturated heterocycles. The lowest BCUT2D eigenvalue weighted by atomic mass is 9.99. The number of benzene rings is 1. The first kappa shape index (κ1) is 16.4. The van der Waals surface area contributed by atoms with Gasteiger partial charge in [-0.2, -0.15) is 13.2 Å². The van der Waals surface area contributed by atoms with Gasteiger partial charge >= 0.3 is 6.18 Å². The molecule has 0 bridgehead atoms. The van der Waals surface area contributed by atoms with Crippen molar-refractivity contribution < 1.29 is 17.6 Å². The molecule has 2 nitrogen and oxygen atoms in total. The van der Waals surface area contributed by atoms with E-state index in [9.17, 15) is 17.6 Å². The summed E-state index contributed by atoms with van der Waals surface area (Å²) in [7, 11) is 0. The van der Waals surface area contributed by atoms with Gasteiger partial charge in [0.2, 0.25) is 0 Å². The van der Waals surface area contributed by atoms with Crippen molar-refractivity contribution in [1.82, 2.24) is 4.98 Å². The Morgan fingerprint density at radius 2 is 1.79 bits per heavy atom. The number of nitrogens with zero attached hydrogens (tertiary/aromatic N) is 1. The van der Waals surface area contributed by atoms with E-state index in [4.69, 9.17) is 0 Å². The lowest BCUT2D eigenvalue weighted by Crippen LogP contribution is -2.21. The molecular formula is C17H12F4N2S. The van der Waals surface area contributed by atoms with E-state index < -0.39 is 12.7 Å². The molecule has 124 valence electrons. The SMILES string of the molecule is Fc1ccc(-c2csc(NCC(F)(F)F)c2-c2cccnc2)cc1. The fourth-order valence-corrected chi connectivity index (χ4v) is 3.30. The number of anilines is 1. The number of alkyl halides is 3. The summed E-state index contributed by atoms with van der Waals surface area (Å²) in [6.07, 6.45) is -1.13. The molecule has 0 aliphatic carbocycles. The Hall–Kier alpha value is -2.41. The number of halogens is 4. The third-order valence-electron chi connectivity index (χ3n) is 3.35. The van der Waals surface area contributed by atoms with Crippen molar-refractivity contribution >= 4 is 16.3 Å². The topological polar surface area (TPSA) is 24.9 Å². The second kappa shape index (κ2) is 6.60. The van der Waals surface area contributed by atoms with Gasteiger partial charge in [0.15, 0.2) is 0 Å². The largest absolute Gasteiger partial charge is 0.405 e. The number of aromatic nitrogens is 1. The molecule has 0 spiro atoms. The average molecular weight is 352 g/mol. The van der Waals surface area contributed by atoms with Crippen LogP contribution >= 0.6 is 11.3 Å². The highest BCUT2D eigenvalue weighted by atomic mass is 32.1. The summed E-state index contributed by atoms with van der Waals surface area (Å²) in [5.41, 5.74) is 2.79. The van der Waals surface area contributed by atoms with Gasteiger partial charge in [-0.1, -0.05) is 18.2 Å². The first-order valence-corrected chi connectivity index (χ1v) is 7.90. The Bertz CT molecular complexity index is 811. The monoisotopic (exact) mass is 352 g/mol. The van der Waals surface area contributed by atoms with Gasteiger partial charge in [-0.15, -0.1) is 11.3 Å². The molecule has 0 amide bonds. The van der Waals surface area contributed by atoms with Crippen LogP contribution in [0, 0.1) is 5.82 Å². The Balaban J connectivity index is 2.06. The van der Waals surface area contributed by atoms with Crippen LogP contribution in [0.3, 0.4) is 0 Å². The third-order valence-corrected chi connectivity index (χ3v) is 4.28. The van der Waals surface area contributed by atoms with Crippen molar-refractivity contribution in [3.05, 3.63) is 60.0 Å². The zero-order valence-corrected chi connectivity index (χ0v) is 13.1. The summed E-state index contributed by atoms with van der Waals surface area (Å²) in [6.45, 7) is -1.12. The van der Waals surface area contributed by atoms with Gasteiger partial charge < -0.3 is 5.32 Å². The smallest absolute Gasteiger partial charge is 0.368 e. The maximum atomic E-state index is 13.1. The molecule has 7 heteroatoms. The number of hydrogen-bond donors (Lipinski definition) is 1. The summed E-state index contributed by atoms with van der Waals surface area (Å²) < 4.78 is 50.8. The first-order valence-electron chi connectivity index (χ1n) is 7.02. The zero-order valence-electron chi connectivity index (χ0n) is 12.3. The minimum absolute atomic E-state index is 0.368. The van der Waals surface area contributed by atoms with Gasteiger partial charge in [0.05, 0.1) is 5.00 Å². The first-order chi connectivity index (χ1) is 11.4. The van der Waals surface area contributed by atoms with Crippen LogP contribution < -0.4 is 5.32 Å². The minimum atomic E-state index is -4.31. The average Bonchev–Trinajstić information content (AvgIpc) is 2.98. The molecule has 0 fully saturated rings. The van der Waals surface area contributed by atoms with Crippen molar-refractivity contribution in [3.8, 4) is 22.3 Å². The molecule has 0 aliphatic rings. The summed E-state index contributed by atoms with van der Waals surface area (Å²) in [5.74, 6) is -0.368. The van der Waals surface area contributed by atoms with E-state index >= 15 is 0 Å². The van der Waals surface area contributed by atoms with Crippen LogP contribution in [0.5, 0.6) is 0 Å². The van der Waals surface area contributed by atoms with Crippen molar-refractivity contribution in [2.45, 2.75) is 6.18 Å². The standard InChI is InChI=1S/C17H12F4N2S/c18-13-5-3-11(4-6-13)14-9-24-16(23-10-17(19,20)21)15(14)12-2-1-7-22-8-12/h1-9,23H,10H2. The van der Waals surface area contributed by atoms with Crippen molar-refractivity contribution in [3.63, 3.8) is 0 Å². The highest BCUT2D eigenvalue weighted by Crippen LogP contribution is 2.43.